The van der Waals surface area contributed by atoms with Crippen LogP contribution in [-0.2, 0) is 14.8 Å². The van der Waals surface area contributed by atoms with Crippen molar-refractivity contribution in [3.8, 4) is 0 Å². The summed E-state index contributed by atoms with van der Waals surface area (Å²) in [5.74, 6) is -1.05. The number of carboxylic acids is 1. The van der Waals surface area contributed by atoms with E-state index in [0.717, 1.165) is 0 Å². The van der Waals surface area contributed by atoms with Crippen LogP contribution in [0.15, 0.2) is 29.2 Å². The zero-order chi connectivity index (χ0) is 13.8. The first-order valence-corrected chi connectivity index (χ1v) is 6.95. The molecular weight excluding hydrogens is 256 g/mol. The number of anilines is 1. The maximum atomic E-state index is 11.9. The van der Waals surface area contributed by atoms with Gasteiger partial charge in [0.1, 0.15) is 10.9 Å². The van der Waals surface area contributed by atoms with Crippen molar-refractivity contribution in [2.75, 3.05) is 11.9 Å². The summed E-state index contributed by atoms with van der Waals surface area (Å²) in [7, 11) is -3.62. The Labute approximate surface area is 106 Å². The number of aliphatic carboxylic acids is 1. The first-order valence-electron chi connectivity index (χ1n) is 5.46. The smallest absolute Gasteiger partial charge is 0.325 e. The van der Waals surface area contributed by atoms with Crippen LogP contribution in [0.2, 0.25) is 0 Å². The molecule has 1 aromatic rings. The molecule has 18 heavy (non-hydrogen) atoms. The first-order chi connectivity index (χ1) is 8.38. The minimum atomic E-state index is -3.62. The Kier molecular flexibility index (Phi) is 4.69. The molecule has 1 aromatic carbocycles. The average Bonchev–Trinajstić information content (AvgIpc) is 2.29. The number of hydrogen-bond acceptors (Lipinski definition) is 4. The zero-order valence-electron chi connectivity index (χ0n) is 10.2. The van der Waals surface area contributed by atoms with Gasteiger partial charge >= 0.3 is 5.97 Å². The molecule has 100 valence electrons. The van der Waals surface area contributed by atoms with Gasteiger partial charge in [-0.15, -0.1) is 0 Å². The molecule has 3 N–H and O–H groups in total. The Morgan fingerprint density at radius 3 is 2.56 bits per heavy atom. The van der Waals surface area contributed by atoms with Gasteiger partial charge in [0.2, 0.25) is 10.0 Å². The highest BCUT2D eigenvalue weighted by atomic mass is 32.2. The highest BCUT2D eigenvalue weighted by Crippen LogP contribution is 2.21. The molecule has 1 rings (SSSR count). The average molecular weight is 272 g/mol. The Morgan fingerprint density at radius 2 is 2.00 bits per heavy atom. The number of para-hydroxylation sites is 1. The summed E-state index contributed by atoms with van der Waals surface area (Å²) in [6, 6.07) is 5.31. The van der Waals surface area contributed by atoms with Gasteiger partial charge < -0.3 is 10.4 Å². The molecule has 0 spiro atoms. The Bertz CT molecular complexity index is 528. The Hall–Kier alpha value is -1.60. The van der Waals surface area contributed by atoms with E-state index in [2.05, 4.69) is 10.0 Å². The number of carboxylic acid groups (broad SMARTS) is 1. The molecule has 1 unspecified atom stereocenters. The Balaban J connectivity index is 3.11. The van der Waals surface area contributed by atoms with E-state index in [1.807, 2.05) is 0 Å². The normalized spacial score (nSPS) is 13.0. The van der Waals surface area contributed by atoms with E-state index >= 15 is 0 Å². The monoisotopic (exact) mass is 272 g/mol. The summed E-state index contributed by atoms with van der Waals surface area (Å²) >= 11 is 0. The lowest BCUT2D eigenvalue weighted by Gasteiger charge is -2.15. The van der Waals surface area contributed by atoms with Crippen LogP contribution in [0.1, 0.15) is 13.8 Å². The second-order valence-electron chi connectivity index (χ2n) is 3.70. The van der Waals surface area contributed by atoms with Gasteiger partial charge in [0, 0.05) is 6.54 Å². The second kappa shape index (κ2) is 5.83. The van der Waals surface area contributed by atoms with Gasteiger partial charge in [-0.25, -0.2) is 13.1 Å². The topological polar surface area (TPSA) is 95.5 Å². The fraction of sp³-hybridized carbons (Fsp3) is 0.364. The number of hydrogen-bond donors (Lipinski definition) is 3. The zero-order valence-corrected chi connectivity index (χ0v) is 11.0. The number of benzene rings is 1. The van der Waals surface area contributed by atoms with E-state index < -0.39 is 22.0 Å². The van der Waals surface area contributed by atoms with Crippen molar-refractivity contribution in [2.24, 2.45) is 0 Å². The van der Waals surface area contributed by atoms with Crippen LogP contribution >= 0.6 is 0 Å². The van der Waals surface area contributed by atoms with Crippen molar-refractivity contribution in [1.82, 2.24) is 4.72 Å². The molecular formula is C11H16N2O4S. The minimum absolute atomic E-state index is 0.0416. The van der Waals surface area contributed by atoms with E-state index in [1.54, 1.807) is 19.1 Å². The van der Waals surface area contributed by atoms with Crippen LogP contribution in [0, 0.1) is 0 Å². The van der Waals surface area contributed by atoms with Crippen LogP contribution in [0.25, 0.3) is 0 Å². The van der Waals surface area contributed by atoms with Gasteiger partial charge in [0.25, 0.3) is 0 Å². The third-order valence-corrected chi connectivity index (χ3v) is 3.86. The Morgan fingerprint density at radius 1 is 1.39 bits per heavy atom. The van der Waals surface area contributed by atoms with Crippen molar-refractivity contribution >= 4 is 21.7 Å². The molecule has 0 aromatic heterocycles. The standard InChI is InChI=1S/C11H16N2O4S/c1-3-12-18(16,17)10-7-5-4-6-9(10)13-8(2)11(14)15/h4-8,12-13H,3H2,1-2H3,(H,14,15). The number of sulfonamides is 1. The molecule has 0 heterocycles. The van der Waals surface area contributed by atoms with Gasteiger partial charge in [-0.2, -0.15) is 0 Å². The molecule has 1 atom stereocenters. The molecule has 0 aliphatic carbocycles. The van der Waals surface area contributed by atoms with Gasteiger partial charge in [-0.3, -0.25) is 4.79 Å². The summed E-state index contributed by atoms with van der Waals surface area (Å²) in [6.45, 7) is 3.39. The van der Waals surface area contributed by atoms with Crippen LogP contribution in [0.3, 0.4) is 0 Å². The van der Waals surface area contributed by atoms with Gasteiger partial charge in [-0.05, 0) is 19.1 Å². The number of rotatable bonds is 6. The van der Waals surface area contributed by atoms with Crippen LogP contribution in [0.4, 0.5) is 5.69 Å². The quantitative estimate of drug-likeness (QED) is 0.714. The molecule has 0 fully saturated rings. The van der Waals surface area contributed by atoms with E-state index in [0.29, 0.717) is 0 Å². The molecule has 0 bridgehead atoms. The minimum Gasteiger partial charge on any atom is -0.480 e. The molecule has 6 nitrogen and oxygen atoms in total. The van der Waals surface area contributed by atoms with E-state index in [4.69, 9.17) is 5.11 Å². The molecule has 0 aliphatic rings. The predicted molar refractivity (Wildman–Crippen MR) is 68.0 cm³/mol. The van der Waals surface area contributed by atoms with Crippen LogP contribution in [-0.4, -0.2) is 32.1 Å². The fourth-order valence-corrected chi connectivity index (χ4v) is 2.59. The molecule has 7 heteroatoms. The summed E-state index contributed by atoms with van der Waals surface area (Å²) < 4.78 is 26.2. The highest BCUT2D eigenvalue weighted by Gasteiger charge is 2.19. The summed E-state index contributed by atoms with van der Waals surface area (Å²) in [6.07, 6.45) is 0. The maximum Gasteiger partial charge on any atom is 0.325 e. The van der Waals surface area contributed by atoms with Gasteiger partial charge in [-0.1, -0.05) is 19.1 Å². The van der Waals surface area contributed by atoms with Crippen molar-refractivity contribution in [3.63, 3.8) is 0 Å². The van der Waals surface area contributed by atoms with Crippen molar-refractivity contribution < 1.29 is 18.3 Å². The third kappa shape index (κ3) is 3.44. The molecule has 0 radical (unpaired) electrons. The van der Waals surface area contributed by atoms with E-state index in [1.165, 1.54) is 19.1 Å². The van der Waals surface area contributed by atoms with Crippen LogP contribution < -0.4 is 10.0 Å². The van der Waals surface area contributed by atoms with Crippen molar-refractivity contribution in [2.45, 2.75) is 24.8 Å². The molecule has 0 saturated carbocycles. The SMILES string of the molecule is CCNS(=O)(=O)c1ccccc1NC(C)C(=O)O. The summed E-state index contributed by atoms with van der Waals surface area (Å²) in [5.41, 5.74) is 0.272. The molecule has 0 saturated heterocycles. The van der Waals surface area contributed by atoms with Crippen LogP contribution in [0.5, 0.6) is 0 Å². The lowest BCUT2D eigenvalue weighted by atomic mass is 10.2. The fourth-order valence-electron chi connectivity index (χ4n) is 1.38. The maximum absolute atomic E-state index is 11.9. The first kappa shape index (κ1) is 14.5. The third-order valence-electron chi connectivity index (χ3n) is 2.25. The largest absolute Gasteiger partial charge is 0.480 e. The van der Waals surface area contributed by atoms with E-state index in [9.17, 15) is 13.2 Å². The predicted octanol–water partition coefficient (Wildman–Crippen LogP) is 0.870. The summed E-state index contributed by atoms with van der Waals surface area (Å²) in [4.78, 5) is 10.8. The lowest BCUT2D eigenvalue weighted by Crippen LogP contribution is -2.28. The number of nitrogens with one attached hydrogen (secondary N) is 2. The van der Waals surface area contributed by atoms with Crippen molar-refractivity contribution in [3.05, 3.63) is 24.3 Å². The van der Waals surface area contributed by atoms with Gasteiger partial charge in [0.05, 0.1) is 5.69 Å². The highest BCUT2D eigenvalue weighted by molar-refractivity contribution is 7.89. The molecule has 0 amide bonds. The van der Waals surface area contributed by atoms with Crippen molar-refractivity contribution in [1.29, 1.82) is 0 Å². The second-order valence-corrected chi connectivity index (χ2v) is 5.44. The summed E-state index contributed by atoms with van der Waals surface area (Å²) in [5, 5.41) is 11.5. The number of carbonyl (C=O) groups is 1. The lowest BCUT2D eigenvalue weighted by molar-refractivity contribution is -0.137. The van der Waals surface area contributed by atoms with E-state index in [-0.39, 0.29) is 17.1 Å². The van der Waals surface area contributed by atoms with Gasteiger partial charge in [0.15, 0.2) is 0 Å². The molecule has 0 aliphatic heterocycles.